The lowest BCUT2D eigenvalue weighted by Gasteiger charge is -2.26. The van der Waals surface area contributed by atoms with Gasteiger partial charge in [0.15, 0.2) is 5.11 Å². The second kappa shape index (κ2) is 9.82. The highest BCUT2D eigenvalue weighted by Gasteiger charge is 2.26. The summed E-state index contributed by atoms with van der Waals surface area (Å²) in [4.78, 5) is 1.56. The topological polar surface area (TPSA) is 75.1 Å². The molecular formula is C16H26ClN4O3S2+. The van der Waals surface area contributed by atoms with E-state index in [1.165, 1.54) is 21.3 Å². The second-order valence-electron chi connectivity index (χ2n) is 6.35. The van der Waals surface area contributed by atoms with Crippen LogP contribution in [0.1, 0.15) is 6.42 Å². The van der Waals surface area contributed by atoms with E-state index in [1.54, 1.807) is 6.07 Å². The van der Waals surface area contributed by atoms with Crippen LogP contribution in [0.5, 0.6) is 0 Å². The predicted molar refractivity (Wildman–Crippen MR) is 108 cm³/mol. The SMILES string of the molecule is C[NH+](C)CCCNC(=S)Nc1cc(S(=O)(=O)N2CCOCC2)ccc1Cl. The molecule has 3 N–H and O–H groups in total. The van der Waals surface area contributed by atoms with Gasteiger partial charge in [-0.15, -0.1) is 0 Å². The van der Waals surface area contributed by atoms with Gasteiger partial charge < -0.3 is 20.3 Å². The van der Waals surface area contributed by atoms with Gasteiger partial charge in [0.25, 0.3) is 0 Å². The Labute approximate surface area is 165 Å². The number of thiocarbonyl (C=S) groups is 1. The Kier molecular flexibility index (Phi) is 8.05. The Balaban J connectivity index is 2.03. The van der Waals surface area contributed by atoms with Gasteiger partial charge in [-0.3, -0.25) is 0 Å². The predicted octanol–water partition coefficient (Wildman–Crippen LogP) is 0.182. The van der Waals surface area contributed by atoms with Crippen LogP contribution in [-0.4, -0.2) is 71.3 Å². The molecule has 1 aliphatic heterocycles. The summed E-state index contributed by atoms with van der Waals surface area (Å²) in [5, 5.41) is 6.92. The van der Waals surface area contributed by atoms with Crippen molar-refractivity contribution >= 4 is 44.6 Å². The zero-order chi connectivity index (χ0) is 19.2. The molecule has 146 valence electrons. The van der Waals surface area contributed by atoms with Gasteiger partial charge in [0.2, 0.25) is 10.0 Å². The molecule has 0 spiro atoms. The average Bonchev–Trinajstić information content (AvgIpc) is 2.61. The van der Waals surface area contributed by atoms with Gasteiger partial charge in [-0.2, -0.15) is 4.31 Å². The van der Waals surface area contributed by atoms with Crippen molar-refractivity contribution in [3.63, 3.8) is 0 Å². The minimum atomic E-state index is -3.58. The fraction of sp³-hybridized carbons (Fsp3) is 0.562. The van der Waals surface area contributed by atoms with Crippen molar-refractivity contribution in [2.75, 3.05) is 58.8 Å². The summed E-state index contributed by atoms with van der Waals surface area (Å²) in [5.41, 5.74) is 0.469. The van der Waals surface area contributed by atoms with E-state index >= 15 is 0 Å². The minimum absolute atomic E-state index is 0.185. The molecule has 1 heterocycles. The molecule has 1 fully saturated rings. The number of hydrogen-bond donors (Lipinski definition) is 3. The quantitative estimate of drug-likeness (QED) is 0.431. The van der Waals surface area contributed by atoms with Gasteiger partial charge in [-0.05, 0) is 30.4 Å². The molecule has 0 aromatic heterocycles. The Morgan fingerprint density at radius 1 is 1.35 bits per heavy atom. The van der Waals surface area contributed by atoms with Crippen molar-refractivity contribution in [3.8, 4) is 0 Å². The Morgan fingerprint density at radius 3 is 2.69 bits per heavy atom. The largest absolute Gasteiger partial charge is 0.379 e. The maximum Gasteiger partial charge on any atom is 0.243 e. The lowest BCUT2D eigenvalue weighted by molar-refractivity contribution is -0.858. The van der Waals surface area contributed by atoms with Crippen LogP contribution in [-0.2, 0) is 14.8 Å². The monoisotopic (exact) mass is 421 g/mol. The first kappa shape index (κ1) is 21.3. The number of morpholine rings is 1. The zero-order valence-corrected chi connectivity index (χ0v) is 17.4. The summed E-state index contributed by atoms with van der Waals surface area (Å²) in [6, 6.07) is 4.59. The molecule has 0 radical (unpaired) electrons. The van der Waals surface area contributed by atoms with E-state index in [0.29, 0.717) is 42.1 Å². The van der Waals surface area contributed by atoms with Gasteiger partial charge in [0.05, 0.1) is 49.5 Å². The Morgan fingerprint density at radius 2 is 2.04 bits per heavy atom. The van der Waals surface area contributed by atoms with Crippen molar-refractivity contribution in [2.45, 2.75) is 11.3 Å². The van der Waals surface area contributed by atoms with Crippen molar-refractivity contribution < 1.29 is 18.1 Å². The van der Waals surface area contributed by atoms with Crippen LogP contribution in [0.25, 0.3) is 0 Å². The van der Waals surface area contributed by atoms with Gasteiger partial charge in [0, 0.05) is 26.1 Å². The van der Waals surface area contributed by atoms with Crippen molar-refractivity contribution in [1.29, 1.82) is 0 Å². The minimum Gasteiger partial charge on any atom is -0.379 e. The van der Waals surface area contributed by atoms with E-state index in [9.17, 15) is 8.42 Å². The first-order valence-electron chi connectivity index (χ1n) is 8.52. The number of benzene rings is 1. The van der Waals surface area contributed by atoms with Crippen LogP contribution in [0.4, 0.5) is 5.69 Å². The van der Waals surface area contributed by atoms with E-state index < -0.39 is 10.0 Å². The third kappa shape index (κ3) is 6.04. The highest BCUT2D eigenvalue weighted by molar-refractivity contribution is 7.89. The summed E-state index contributed by atoms with van der Waals surface area (Å²) in [7, 11) is 0.609. The van der Waals surface area contributed by atoms with Crippen molar-refractivity contribution in [3.05, 3.63) is 23.2 Å². The fourth-order valence-corrected chi connectivity index (χ4v) is 4.32. The van der Waals surface area contributed by atoms with Crippen LogP contribution < -0.4 is 15.5 Å². The number of nitrogens with zero attached hydrogens (tertiary/aromatic N) is 1. The molecule has 0 saturated carbocycles. The lowest BCUT2D eigenvalue weighted by atomic mass is 10.3. The number of halogens is 1. The maximum atomic E-state index is 12.8. The number of sulfonamides is 1. The molecule has 0 amide bonds. The first-order valence-corrected chi connectivity index (χ1v) is 10.7. The molecule has 0 atom stereocenters. The van der Waals surface area contributed by atoms with E-state index in [0.717, 1.165) is 19.5 Å². The number of rotatable bonds is 7. The number of nitrogens with one attached hydrogen (secondary N) is 3. The zero-order valence-electron chi connectivity index (χ0n) is 15.0. The third-order valence-electron chi connectivity index (χ3n) is 3.93. The summed E-state index contributed by atoms with van der Waals surface area (Å²) < 4.78 is 32.2. The average molecular weight is 422 g/mol. The highest BCUT2D eigenvalue weighted by atomic mass is 35.5. The number of anilines is 1. The van der Waals surface area contributed by atoms with Gasteiger partial charge in [0.1, 0.15) is 0 Å². The number of hydrogen-bond acceptors (Lipinski definition) is 4. The Hall–Kier alpha value is -0.970. The molecule has 1 aromatic carbocycles. The molecule has 0 aliphatic carbocycles. The van der Waals surface area contributed by atoms with E-state index in [4.69, 9.17) is 28.6 Å². The molecule has 10 heteroatoms. The third-order valence-corrected chi connectivity index (χ3v) is 6.40. The normalized spacial score (nSPS) is 15.8. The molecule has 0 bridgehead atoms. The van der Waals surface area contributed by atoms with E-state index in [-0.39, 0.29) is 4.90 Å². The van der Waals surface area contributed by atoms with Gasteiger partial charge in [-0.1, -0.05) is 11.6 Å². The standard InChI is InChI=1S/C16H25ClN4O3S2/c1-20(2)7-3-6-18-16(25)19-15-12-13(4-5-14(15)17)26(22,23)21-8-10-24-11-9-21/h4-5,12H,3,6-11H2,1-2H3,(H2,18,19,25)/p+1. The number of ether oxygens (including phenoxy) is 1. The lowest BCUT2D eigenvalue weighted by Crippen LogP contribution is -3.05. The smallest absolute Gasteiger partial charge is 0.243 e. The van der Waals surface area contributed by atoms with Crippen LogP contribution in [0, 0.1) is 0 Å². The van der Waals surface area contributed by atoms with Crippen LogP contribution in [0.3, 0.4) is 0 Å². The molecule has 0 unspecified atom stereocenters. The summed E-state index contributed by atoms with van der Waals surface area (Å²) in [6.45, 7) is 3.27. The maximum absolute atomic E-state index is 12.8. The summed E-state index contributed by atoms with van der Waals surface area (Å²) in [5.74, 6) is 0. The highest BCUT2D eigenvalue weighted by Crippen LogP contribution is 2.27. The van der Waals surface area contributed by atoms with Gasteiger partial charge in [-0.25, -0.2) is 8.42 Å². The second-order valence-corrected chi connectivity index (χ2v) is 9.10. The molecule has 1 aliphatic rings. The van der Waals surface area contributed by atoms with E-state index in [2.05, 4.69) is 24.7 Å². The summed E-state index contributed by atoms with van der Waals surface area (Å²) in [6.07, 6.45) is 0.976. The summed E-state index contributed by atoms with van der Waals surface area (Å²) >= 11 is 11.5. The molecule has 1 saturated heterocycles. The molecule has 2 rings (SSSR count). The van der Waals surface area contributed by atoms with Crippen LogP contribution in [0.15, 0.2) is 23.1 Å². The van der Waals surface area contributed by atoms with Crippen LogP contribution in [0.2, 0.25) is 5.02 Å². The fourth-order valence-electron chi connectivity index (χ4n) is 2.51. The number of quaternary nitrogens is 1. The molecule has 26 heavy (non-hydrogen) atoms. The molecular weight excluding hydrogens is 396 g/mol. The molecule has 7 nitrogen and oxygen atoms in total. The van der Waals surface area contributed by atoms with Crippen molar-refractivity contribution in [1.82, 2.24) is 9.62 Å². The van der Waals surface area contributed by atoms with E-state index in [1.807, 2.05) is 0 Å². The van der Waals surface area contributed by atoms with Crippen LogP contribution >= 0.6 is 23.8 Å². The molecule has 1 aromatic rings. The first-order chi connectivity index (χ1) is 12.3. The Bertz CT molecular complexity index is 722. The van der Waals surface area contributed by atoms with Gasteiger partial charge >= 0.3 is 0 Å². The van der Waals surface area contributed by atoms with Crippen molar-refractivity contribution in [2.24, 2.45) is 0 Å².